The molecule has 0 aliphatic carbocycles. The summed E-state index contributed by atoms with van der Waals surface area (Å²) in [5.41, 5.74) is 0.224. The van der Waals surface area contributed by atoms with Gasteiger partial charge < -0.3 is 14.2 Å². The minimum Gasteiger partial charge on any atom is -0.497 e. The van der Waals surface area contributed by atoms with Crippen LogP contribution in [-0.2, 0) is 25.5 Å². The summed E-state index contributed by atoms with van der Waals surface area (Å²) in [6.07, 6.45) is -0.118. The summed E-state index contributed by atoms with van der Waals surface area (Å²) in [5, 5.41) is 0. The second-order valence-corrected chi connectivity index (χ2v) is 4.22. The van der Waals surface area contributed by atoms with Crippen molar-refractivity contribution in [2.45, 2.75) is 20.3 Å². The van der Waals surface area contributed by atoms with Crippen LogP contribution in [0.5, 0.6) is 5.75 Å². The molecule has 0 saturated heterocycles. The molecule has 0 aliphatic rings. The number of ether oxygens (including phenoxy) is 3. The zero-order chi connectivity index (χ0) is 15.8. The molecule has 0 heterocycles. The molecule has 0 unspecified atom stereocenters. The maximum absolute atomic E-state index is 13.9. The largest absolute Gasteiger partial charge is 0.497 e. The lowest BCUT2D eigenvalue weighted by Crippen LogP contribution is -2.30. The van der Waals surface area contributed by atoms with Crippen LogP contribution >= 0.6 is 0 Å². The smallest absolute Gasteiger partial charge is 0.320 e. The minimum absolute atomic E-state index is 0.118. The van der Waals surface area contributed by atoms with E-state index in [0.717, 1.165) is 0 Å². The zero-order valence-electron chi connectivity index (χ0n) is 12.3. The standard InChI is InChI=1S/C15H19FO5/c1-4-20-14(17)12(15(18)21-5-2)8-10-6-7-11(19-3)9-13(10)16/h6-7,9,12H,4-5,8H2,1-3H3. The van der Waals surface area contributed by atoms with Gasteiger partial charge in [-0.1, -0.05) is 6.07 Å². The molecule has 6 heteroatoms. The van der Waals surface area contributed by atoms with E-state index in [1.165, 1.54) is 19.2 Å². The third kappa shape index (κ3) is 4.73. The summed E-state index contributed by atoms with van der Waals surface area (Å²) in [6, 6.07) is 4.23. The molecule has 0 bridgehead atoms. The fourth-order valence-electron chi connectivity index (χ4n) is 1.79. The number of hydrogen-bond donors (Lipinski definition) is 0. The molecule has 1 rings (SSSR count). The number of rotatable bonds is 7. The van der Waals surface area contributed by atoms with Gasteiger partial charge in [-0.25, -0.2) is 4.39 Å². The van der Waals surface area contributed by atoms with Crippen LogP contribution in [-0.4, -0.2) is 32.3 Å². The van der Waals surface area contributed by atoms with Crippen molar-refractivity contribution in [3.63, 3.8) is 0 Å². The number of carbonyl (C=O) groups is 2. The molecule has 0 N–H and O–H groups in total. The summed E-state index contributed by atoms with van der Waals surface area (Å²) in [4.78, 5) is 23.7. The van der Waals surface area contributed by atoms with Crippen molar-refractivity contribution >= 4 is 11.9 Å². The van der Waals surface area contributed by atoms with Gasteiger partial charge in [0.05, 0.1) is 20.3 Å². The van der Waals surface area contributed by atoms with Gasteiger partial charge in [-0.05, 0) is 31.9 Å². The summed E-state index contributed by atoms with van der Waals surface area (Å²) in [7, 11) is 1.43. The van der Waals surface area contributed by atoms with Gasteiger partial charge in [0, 0.05) is 6.07 Å². The van der Waals surface area contributed by atoms with Crippen LogP contribution < -0.4 is 4.74 Å². The number of methoxy groups -OCH3 is 1. The van der Waals surface area contributed by atoms with Gasteiger partial charge in [0.1, 0.15) is 11.6 Å². The van der Waals surface area contributed by atoms with E-state index in [4.69, 9.17) is 14.2 Å². The Kier molecular flexibility index (Phi) is 6.65. The lowest BCUT2D eigenvalue weighted by Gasteiger charge is -2.15. The Bertz CT molecular complexity index is 483. The molecule has 116 valence electrons. The second-order valence-electron chi connectivity index (χ2n) is 4.22. The topological polar surface area (TPSA) is 61.8 Å². The molecule has 0 fully saturated rings. The van der Waals surface area contributed by atoms with Gasteiger partial charge in [-0.15, -0.1) is 0 Å². The third-order valence-electron chi connectivity index (χ3n) is 2.83. The maximum atomic E-state index is 13.9. The van der Waals surface area contributed by atoms with E-state index < -0.39 is 23.7 Å². The molecule has 0 amide bonds. The predicted molar refractivity (Wildman–Crippen MR) is 73.4 cm³/mol. The van der Waals surface area contributed by atoms with Crippen molar-refractivity contribution in [3.8, 4) is 5.75 Å². The first-order chi connectivity index (χ1) is 10.0. The Labute approximate surface area is 123 Å². The van der Waals surface area contributed by atoms with E-state index in [1.54, 1.807) is 19.9 Å². The fourth-order valence-corrected chi connectivity index (χ4v) is 1.79. The zero-order valence-corrected chi connectivity index (χ0v) is 12.3. The van der Waals surface area contributed by atoms with Crippen LogP contribution in [0.3, 0.4) is 0 Å². The van der Waals surface area contributed by atoms with Crippen molar-refractivity contribution < 1.29 is 28.2 Å². The molecule has 0 aromatic heterocycles. The first kappa shape index (κ1) is 16.9. The third-order valence-corrected chi connectivity index (χ3v) is 2.83. The van der Waals surface area contributed by atoms with Crippen molar-refractivity contribution in [1.82, 2.24) is 0 Å². The van der Waals surface area contributed by atoms with Crippen molar-refractivity contribution in [2.75, 3.05) is 20.3 Å². The molecule has 21 heavy (non-hydrogen) atoms. The molecule has 0 aliphatic heterocycles. The fraction of sp³-hybridized carbons (Fsp3) is 0.467. The van der Waals surface area contributed by atoms with E-state index >= 15 is 0 Å². The van der Waals surface area contributed by atoms with Gasteiger partial charge >= 0.3 is 11.9 Å². The van der Waals surface area contributed by atoms with Crippen LogP contribution in [0.4, 0.5) is 4.39 Å². The highest BCUT2D eigenvalue weighted by molar-refractivity contribution is 5.95. The molecular formula is C15H19FO5. The highest BCUT2D eigenvalue weighted by Crippen LogP contribution is 2.20. The second kappa shape index (κ2) is 8.24. The van der Waals surface area contributed by atoms with Crippen molar-refractivity contribution in [2.24, 2.45) is 5.92 Å². The number of halogens is 1. The molecule has 0 spiro atoms. The van der Waals surface area contributed by atoms with Crippen molar-refractivity contribution in [3.05, 3.63) is 29.6 Å². The lowest BCUT2D eigenvalue weighted by molar-refractivity contribution is -0.161. The number of hydrogen-bond acceptors (Lipinski definition) is 5. The molecule has 5 nitrogen and oxygen atoms in total. The summed E-state index contributed by atoms with van der Waals surface area (Å²) in [5.74, 6) is -2.79. The quantitative estimate of drug-likeness (QED) is 0.570. The van der Waals surface area contributed by atoms with Crippen LogP contribution in [0.1, 0.15) is 19.4 Å². The van der Waals surface area contributed by atoms with Crippen molar-refractivity contribution in [1.29, 1.82) is 0 Å². The van der Waals surface area contributed by atoms with E-state index in [1.807, 2.05) is 0 Å². The van der Waals surface area contributed by atoms with E-state index in [-0.39, 0.29) is 25.2 Å². The molecule has 1 aromatic carbocycles. The molecular weight excluding hydrogens is 279 g/mol. The maximum Gasteiger partial charge on any atom is 0.320 e. The van der Waals surface area contributed by atoms with Gasteiger partial charge in [-0.2, -0.15) is 0 Å². The first-order valence-electron chi connectivity index (χ1n) is 6.69. The van der Waals surface area contributed by atoms with Gasteiger partial charge in [0.25, 0.3) is 0 Å². The Morgan fingerprint density at radius 3 is 2.14 bits per heavy atom. The monoisotopic (exact) mass is 298 g/mol. The average Bonchev–Trinajstić information content (AvgIpc) is 2.46. The molecule has 0 saturated carbocycles. The Morgan fingerprint density at radius 2 is 1.71 bits per heavy atom. The van der Waals surface area contributed by atoms with Crippen LogP contribution in [0.15, 0.2) is 18.2 Å². The van der Waals surface area contributed by atoms with Crippen LogP contribution in [0.2, 0.25) is 0 Å². The van der Waals surface area contributed by atoms with E-state index in [0.29, 0.717) is 5.75 Å². The van der Waals surface area contributed by atoms with Gasteiger partial charge in [0.15, 0.2) is 5.92 Å². The summed E-state index contributed by atoms with van der Waals surface area (Å²) in [6.45, 7) is 3.54. The lowest BCUT2D eigenvalue weighted by atomic mass is 9.99. The highest BCUT2D eigenvalue weighted by Gasteiger charge is 2.30. The number of benzene rings is 1. The first-order valence-corrected chi connectivity index (χ1v) is 6.69. The predicted octanol–water partition coefficient (Wildman–Crippen LogP) is 2.12. The van der Waals surface area contributed by atoms with Gasteiger partial charge in [0.2, 0.25) is 0 Å². The van der Waals surface area contributed by atoms with Gasteiger partial charge in [-0.3, -0.25) is 9.59 Å². The van der Waals surface area contributed by atoms with E-state index in [2.05, 4.69) is 0 Å². The molecule has 0 radical (unpaired) electrons. The van der Waals surface area contributed by atoms with E-state index in [9.17, 15) is 14.0 Å². The highest BCUT2D eigenvalue weighted by atomic mass is 19.1. The Hall–Kier alpha value is -2.11. The average molecular weight is 298 g/mol. The van der Waals surface area contributed by atoms with Crippen LogP contribution in [0.25, 0.3) is 0 Å². The summed E-state index contributed by atoms with van der Waals surface area (Å²) >= 11 is 0. The molecule has 0 atom stereocenters. The summed E-state index contributed by atoms with van der Waals surface area (Å²) < 4.78 is 28.5. The SMILES string of the molecule is CCOC(=O)C(Cc1ccc(OC)cc1F)C(=O)OCC. The minimum atomic E-state index is -1.17. The van der Waals surface area contributed by atoms with Crippen LogP contribution in [0, 0.1) is 11.7 Å². The Balaban J connectivity index is 2.94. The normalized spacial score (nSPS) is 10.3. The molecule has 1 aromatic rings. The number of esters is 2. The number of carbonyl (C=O) groups excluding carboxylic acids is 2. The Morgan fingerprint density at radius 1 is 1.14 bits per heavy atom.